The van der Waals surface area contributed by atoms with Gasteiger partial charge in [0.2, 0.25) is 0 Å². The quantitative estimate of drug-likeness (QED) is 0.223. The van der Waals surface area contributed by atoms with Gasteiger partial charge in [0.1, 0.15) is 18.3 Å². The normalized spacial score (nSPS) is 24.1. The lowest BCUT2D eigenvalue weighted by atomic mass is 9.53. The van der Waals surface area contributed by atoms with Crippen molar-refractivity contribution in [3.05, 3.63) is 76.6 Å². The fourth-order valence-electron chi connectivity index (χ4n) is 5.18. The smallest absolute Gasteiger partial charge is 0.316 e. The topological polar surface area (TPSA) is 135 Å². The summed E-state index contributed by atoms with van der Waals surface area (Å²) < 4.78 is 19.5. The molecule has 212 valence electrons. The van der Waals surface area contributed by atoms with Gasteiger partial charge >= 0.3 is 17.9 Å². The van der Waals surface area contributed by atoms with Crippen LogP contribution in [0.2, 0.25) is 5.02 Å². The molecule has 2 aromatic carbocycles. The van der Waals surface area contributed by atoms with Crippen molar-refractivity contribution >= 4 is 47.1 Å². The summed E-state index contributed by atoms with van der Waals surface area (Å²) in [6.45, 7) is 3.05. The molecule has 40 heavy (non-hydrogen) atoms. The van der Waals surface area contributed by atoms with Crippen LogP contribution >= 0.6 is 11.6 Å². The van der Waals surface area contributed by atoms with Gasteiger partial charge in [-0.3, -0.25) is 19.4 Å². The molecule has 3 unspecified atom stereocenters. The average Bonchev–Trinajstić information content (AvgIpc) is 2.92. The van der Waals surface area contributed by atoms with Crippen molar-refractivity contribution in [2.75, 3.05) is 14.2 Å². The molecule has 1 aliphatic rings. The number of rotatable bonds is 10. The summed E-state index contributed by atoms with van der Waals surface area (Å²) in [6, 6.07) is 10.5. The molecule has 2 aromatic rings. The Morgan fingerprint density at radius 3 is 2.35 bits per heavy atom. The largest absolute Gasteiger partial charge is 0.481 e. The molecule has 0 aliphatic heterocycles. The van der Waals surface area contributed by atoms with E-state index >= 15 is 0 Å². The van der Waals surface area contributed by atoms with E-state index in [1.54, 1.807) is 24.3 Å². The van der Waals surface area contributed by atoms with Crippen LogP contribution in [0.3, 0.4) is 0 Å². The van der Waals surface area contributed by atoms with Gasteiger partial charge in [-0.05, 0) is 54.7 Å². The van der Waals surface area contributed by atoms with Crippen LogP contribution in [0.15, 0.2) is 64.8 Å². The highest BCUT2D eigenvalue weighted by molar-refractivity contribution is 6.30. The highest BCUT2D eigenvalue weighted by Gasteiger charge is 2.60. The molecule has 0 heterocycles. The number of benzene rings is 2. The van der Waals surface area contributed by atoms with E-state index in [1.807, 2.05) is 0 Å². The Hall–Kier alpha value is -4.05. The van der Waals surface area contributed by atoms with Gasteiger partial charge in [-0.25, -0.2) is 4.39 Å². The van der Waals surface area contributed by atoms with Crippen LogP contribution in [0.25, 0.3) is 0 Å². The van der Waals surface area contributed by atoms with Crippen molar-refractivity contribution < 1.29 is 38.6 Å². The SMILES string of the molecule is CON=Cc1ccc(N=C2C=CC(CC(C)C(=O)OC)(C(=O)O)C(C)[C@]2(Cc2ccc(Cl)cc2)C(=O)O)cc1F. The maximum absolute atomic E-state index is 14.7. The molecule has 0 aromatic heterocycles. The van der Waals surface area contributed by atoms with Gasteiger partial charge in [-0.1, -0.05) is 48.8 Å². The summed E-state index contributed by atoms with van der Waals surface area (Å²) >= 11 is 6.04. The first-order valence-electron chi connectivity index (χ1n) is 12.3. The van der Waals surface area contributed by atoms with Gasteiger partial charge in [-0.15, -0.1) is 0 Å². The number of esters is 1. The lowest BCUT2D eigenvalue weighted by Gasteiger charge is -2.47. The van der Waals surface area contributed by atoms with E-state index in [-0.39, 0.29) is 29.8 Å². The van der Waals surface area contributed by atoms with E-state index in [0.29, 0.717) is 10.6 Å². The highest BCUT2D eigenvalue weighted by atomic mass is 35.5. The van der Waals surface area contributed by atoms with Crippen LogP contribution in [0.1, 0.15) is 31.4 Å². The Morgan fingerprint density at radius 2 is 1.80 bits per heavy atom. The number of allylic oxidation sites excluding steroid dienone is 1. The lowest BCUT2D eigenvalue weighted by Crippen LogP contribution is -2.57. The molecule has 0 saturated carbocycles. The fraction of sp³-hybridized carbons (Fsp3) is 0.345. The number of halogens is 2. The molecule has 0 bridgehead atoms. The van der Waals surface area contributed by atoms with Crippen molar-refractivity contribution in [2.45, 2.75) is 26.7 Å². The molecule has 2 N–H and O–H groups in total. The van der Waals surface area contributed by atoms with E-state index in [4.69, 9.17) is 16.3 Å². The number of hydrogen-bond donors (Lipinski definition) is 2. The molecule has 11 heteroatoms. The first kappa shape index (κ1) is 30.5. The Balaban J connectivity index is 2.27. The number of oxime groups is 1. The molecule has 0 amide bonds. The molecular formula is C29H30ClFN2O7. The zero-order valence-electron chi connectivity index (χ0n) is 22.4. The van der Waals surface area contributed by atoms with Crippen LogP contribution in [-0.2, 0) is 30.4 Å². The van der Waals surface area contributed by atoms with Gasteiger partial charge in [0, 0.05) is 16.7 Å². The van der Waals surface area contributed by atoms with Crippen molar-refractivity contribution in [3.8, 4) is 0 Å². The molecule has 1 aliphatic carbocycles. The second kappa shape index (κ2) is 12.4. The predicted octanol–water partition coefficient (Wildman–Crippen LogP) is 5.32. The number of methoxy groups -OCH3 is 1. The van der Waals surface area contributed by atoms with Crippen LogP contribution in [0.4, 0.5) is 10.1 Å². The number of carboxylic acids is 2. The summed E-state index contributed by atoms with van der Waals surface area (Å²) in [6.07, 6.45) is 3.54. The molecule has 0 fully saturated rings. The minimum absolute atomic E-state index is 0.0303. The van der Waals surface area contributed by atoms with Gasteiger partial charge in [0.25, 0.3) is 0 Å². The number of carbonyl (C=O) groups is 3. The monoisotopic (exact) mass is 572 g/mol. The minimum atomic E-state index is -1.89. The molecule has 4 atom stereocenters. The second-order valence-corrected chi connectivity index (χ2v) is 10.2. The Morgan fingerprint density at radius 1 is 1.12 bits per heavy atom. The number of hydrogen-bond acceptors (Lipinski definition) is 7. The summed E-state index contributed by atoms with van der Waals surface area (Å²) in [5, 5.41) is 25.2. The molecule has 0 radical (unpaired) electrons. The van der Waals surface area contributed by atoms with Crippen molar-refractivity contribution in [1.29, 1.82) is 0 Å². The van der Waals surface area contributed by atoms with E-state index in [1.165, 1.54) is 58.6 Å². The zero-order valence-corrected chi connectivity index (χ0v) is 23.2. The highest BCUT2D eigenvalue weighted by Crippen LogP contribution is 2.52. The summed E-state index contributed by atoms with van der Waals surface area (Å²) in [7, 11) is 2.52. The van der Waals surface area contributed by atoms with Crippen molar-refractivity contribution in [2.24, 2.45) is 32.8 Å². The molecule has 9 nitrogen and oxygen atoms in total. The molecule has 3 rings (SSSR count). The van der Waals surface area contributed by atoms with Gasteiger partial charge < -0.3 is 19.8 Å². The Bertz CT molecular complexity index is 1370. The third-order valence-corrected chi connectivity index (χ3v) is 7.71. The van der Waals surface area contributed by atoms with Crippen molar-refractivity contribution in [1.82, 2.24) is 0 Å². The number of aliphatic imine (C=N–C) groups is 1. The first-order valence-corrected chi connectivity index (χ1v) is 12.7. The number of carboxylic acid groups (broad SMARTS) is 2. The Kier molecular flexibility index (Phi) is 9.47. The summed E-state index contributed by atoms with van der Waals surface area (Å²) in [4.78, 5) is 47.5. The number of carbonyl (C=O) groups excluding carboxylic acids is 1. The molecular weight excluding hydrogens is 543 g/mol. The minimum Gasteiger partial charge on any atom is -0.481 e. The van der Waals surface area contributed by atoms with Gasteiger partial charge in [-0.2, -0.15) is 0 Å². The van der Waals surface area contributed by atoms with Crippen LogP contribution in [0, 0.1) is 28.5 Å². The second-order valence-electron chi connectivity index (χ2n) is 9.73. The zero-order chi connectivity index (χ0) is 29.7. The summed E-state index contributed by atoms with van der Waals surface area (Å²) in [5.74, 6) is -5.85. The van der Waals surface area contributed by atoms with E-state index in [0.717, 1.165) is 6.07 Å². The van der Waals surface area contributed by atoms with Crippen molar-refractivity contribution in [3.63, 3.8) is 0 Å². The summed E-state index contributed by atoms with van der Waals surface area (Å²) in [5.41, 5.74) is -2.80. The van der Waals surface area contributed by atoms with Crippen LogP contribution in [0.5, 0.6) is 0 Å². The standard InChI is InChI=1S/C29H30ClFN2O7/c1-17(25(34)39-3)14-28(26(35)36)12-11-24(33-22-10-7-20(16-32-40-4)23(31)13-22)29(18(28)2,27(37)38)15-19-5-8-21(30)9-6-19/h5-13,16-18H,14-15H2,1-4H3,(H,35,36)(H,37,38)/t17?,18?,28?,29-/m0/s1. The van der Waals surface area contributed by atoms with E-state index < -0.39 is 46.4 Å². The molecule has 0 spiro atoms. The third-order valence-electron chi connectivity index (χ3n) is 7.46. The van der Waals surface area contributed by atoms with E-state index in [9.17, 15) is 29.0 Å². The lowest BCUT2D eigenvalue weighted by molar-refractivity contribution is -0.160. The van der Waals surface area contributed by atoms with Gasteiger partial charge in [0.15, 0.2) is 0 Å². The maximum atomic E-state index is 14.7. The molecule has 0 saturated heterocycles. The van der Waals surface area contributed by atoms with Gasteiger partial charge in [0.05, 0.1) is 36.1 Å². The first-order chi connectivity index (χ1) is 18.9. The third kappa shape index (κ3) is 5.91. The fourth-order valence-corrected chi connectivity index (χ4v) is 5.30. The van der Waals surface area contributed by atoms with E-state index in [2.05, 4.69) is 15.0 Å². The Labute approximate surface area is 236 Å². The van der Waals surface area contributed by atoms with Crippen LogP contribution in [-0.4, -0.2) is 54.3 Å². The predicted molar refractivity (Wildman–Crippen MR) is 147 cm³/mol. The number of ether oxygens (including phenoxy) is 1. The number of aliphatic carboxylic acids is 2. The maximum Gasteiger partial charge on any atom is 0.316 e. The average molecular weight is 573 g/mol. The number of nitrogens with zero attached hydrogens (tertiary/aromatic N) is 2. The van der Waals surface area contributed by atoms with Crippen LogP contribution < -0.4 is 0 Å².